The van der Waals surface area contributed by atoms with Gasteiger partial charge < -0.3 is 5.32 Å². The van der Waals surface area contributed by atoms with E-state index in [1.165, 1.54) is 41.2 Å². The molecule has 2 aromatic carbocycles. The van der Waals surface area contributed by atoms with Gasteiger partial charge in [0, 0.05) is 0 Å². The number of anilines is 1. The Kier molecular flexibility index (Phi) is 6.42. The van der Waals surface area contributed by atoms with Crippen LogP contribution in [-0.4, -0.2) is 55.4 Å². The van der Waals surface area contributed by atoms with Crippen LogP contribution in [-0.2, 0) is 11.0 Å². The summed E-state index contributed by atoms with van der Waals surface area (Å²) in [6.45, 7) is 0. The standard InChI is InChI=1S/C22H18F3N5O3S/c1-34-9-8-18(30-20(32)14-4-2-3-5-15(14)21(30)33)19(31)28-16-10-13(22(23,24)25)6-7-17(16)29-12-26-11-27-29/h2-7,10-12,18H,8-9H2,1H3,(H,28,31). The summed E-state index contributed by atoms with van der Waals surface area (Å²) in [7, 11) is 0. The highest BCUT2D eigenvalue weighted by atomic mass is 32.2. The minimum Gasteiger partial charge on any atom is -0.322 e. The highest BCUT2D eigenvalue weighted by Gasteiger charge is 2.42. The fourth-order valence-corrected chi connectivity index (χ4v) is 4.12. The number of carbonyl (C=O) groups excluding carboxylic acids is 3. The molecule has 1 N–H and O–H groups in total. The number of nitrogens with zero attached hydrogens (tertiary/aromatic N) is 4. The van der Waals surface area contributed by atoms with Gasteiger partial charge in [-0.3, -0.25) is 19.3 Å². The first-order valence-corrected chi connectivity index (χ1v) is 11.4. The van der Waals surface area contributed by atoms with Crippen LogP contribution >= 0.6 is 11.8 Å². The fraction of sp³-hybridized carbons (Fsp3) is 0.227. The van der Waals surface area contributed by atoms with Gasteiger partial charge >= 0.3 is 6.18 Å². The largest absolute Gasteiger partial charge is 0.416 e. The van der Waals surface area contributed by atoms with Crippen LogP contribution in [0.15, 0.2) is 55.1 Å². The number of carbonyl (C=O) groups is 3. The van der Waals surface area contributed by atoms with E-state index < -0.39 is 35.5 Å². The number of hydrogen-bond donors (Lipinski definition) is 1. The van der Waals surface area contributed by atoms with Gasteiger partial charge in [0.25, 0.3) is 11.8 Å². The second-order valence-corrected chi connectivity index (χ2v) is 8.37. The lowest BCUT2D eigenvalue weighted by Crippen LogP contribution is -2.47. The molecule has 1 aliphatic rings. The summed E-state index contributed by atoms with van der Waals surface area (Å²) >= 11 is 1.41. The number of amides is 3. The first-order chi connectivity index (χ1) is 16.2. The van der Waals surface area contributed by atoms with Crippen molar-refractivity contribution in [2.24, 2.45) is 0 Å². The lowest BCUT2D eigenvalue weighted by molar-refractivity contribution is -0.137. The summed E-state index contributed by atoms with van der Waals surface area (Å²) < 4.78 is 41.3. The van der Waals surface area contributed by atoms with Crippen LogP contribution in [0, 0.1) is 0 Å². The molecule has 1 unspecified atom stereocenters. The van der Waals surface area contributed by atoms with Gasteiger partial charge in [0.2, 0.25) is 5.91 Å². The molecule has 3 amide bonds. The predicted octanol–water partition coefficient (Wildman–Crippen LogP) is 3.64. The first-order valence-electron chi connectivity index (χ1n) is 10.1. The van der Waals surface area contributed by atoms with Crippen LogP contribution in [0.5, 0.6) is 0 Å². The summed E-state index contributed by atoms with van der Waals surface area (Å²) in [5.74, 6) is -1.60. The fourth-order valence-electron chi connectivity index (χ4n) is 3.66. The molecule has 8 nitrogen and oxygen atoms in total. The van der Waals surface area contributed by atoms with E-state index in [9.17, 15) is 27.6 Å². The Bertz CT molecular complexity index is 1210. The Morgan fingerprint density at radius 3 is 2.35 bits per heavy atom. The minimum absolute atomic E-state index is 0.121. The monoisotopic (exact) mass is 489 g/mol. The van der Waals surface area contributed by atoms with Crippen LogP contribution in [0.25, 0.3) is 5.69 Å². The van der Waals surface area contributed by atoms with Crippen molar-refractivity contribution in [3.05, 3.63) is 71.8 Å². The number of halogens is 3. The van der Waals surface area contributed by atoms with Crippen LogP contribution in [0.4, 0.5) is 18.9 Å². The van der Waals surface area contributed by atoms with Gasteiger partial charge in [0.05, 0.1) is 28.1 Å². The molecule has 1 aliphatic heterocycles. The number of nitrogens with one attached hydrogen (secondary N) is 1. The molecule has 0 bridgehead atoms. The molecule has 1 aromatic heterocycles. The minimum atomic E-state index is -4.65. The van der Waals surface area contributed by atoms with E-state index in [1.54, 1.807) is 18.4 Å². The van der Waals surface area contributed by atoms with Crippen molar-refractivity contribution < 1.29 is 27.6 Å². The number of fused-ring (bicyclic) bond motifs is 1. The van der Waals surface area contributed by atoms with E-state index in [4.69, 9.17) is 0 Å². The molecule has 3 aromatic rings. The van der Waals surface area contributed by atoms with E-state index in [2.05, 4.69) is 15.4 Å². The second kappa shape index (κ2) is 9.29. The van der Waals surface area contributed by atoms with E-state index in [1.807, 2.05) is 0 Å². The van der Waals surface area contributed by atoms with Crippen molar-refractivity contribution in [2.75, 3.05) is 17.3 Å². The first kappa shape index (κ1) is 23.5. The highest BCUT2D eigenvalue weighted by Crippen LogP contribution is 2.34. The summed E-state index contributed by atoms with van der Waals surface area (Å²) in [4.78, 5) is 43.9. The third-order valence-electron chi connectivity index (χ3n) is 5.28. The van der Waals surface area contributed by atoms with Crippen molar-refractivity contribution in [3.8, 4) is 5.69 Å². The lowest BCUT2D eigenvalue weighted by Gasteiger charge is -2.26. The van der Waals surface area contributed by atoms with Crippen LogP contribution in [0.3, 0.4) is 0 Å². The van der Waals surface area contributed by atoms with Crippen molar-refractivity contribution in [3.63, 3.8) is 0 Å². The van der Waals surface area contributed by atoms with E-state index in [-0.39, 0.29) is 28.9 Å². The number of aromatic nitrogens is 3. The summed E-state index contributed by atoms with van der Waals surface area (Å²) in [6, 6.07) is 7.79. The Morgan fingerprint density at radius 2 is 1.79 bits per heavy atom. The number of thioether (sulfide) groups is 1. The zero-order valence-electron chi connectivity index (χ0n) is 17.7. The van der Waals surface area contributed by atoms with Gasteiger partial charge in [-0.05, 0) is 48.8 Å². The lowest BCUT2D eigenvalue weighted by atomic mass is 10.1. The van der Waals surface area contributed by atoms with Crippen molar-refractivity contribution in [1.29, 1.82) is 0 Å². The van der Waals surface area contributed by atoms with E-state index >= 15 is 0 Å². The maximum Gasteiger partial charge on any atom is 0.416 e. The molecule has 0 aliphatic carbocycles. The van der Waals surface area contributed by atoms with Gasteiger partial charge in [-0.1, -0.05) is 12.1 Å². The van der Waals surface area contributed by atoms with Gasteiger partial charge in [-0.15, -0.1) is 0 Å². The van der Waals surface area contributed by atoms with Gasteiger partial charge in [0.15, 0.2) is 0 Å². The predicted molar refractivity (Wildman–Crippen MR) is 119 cm³/mol. The Balaban J connectivity index is 1.70. The number of benzene rings is 2. The summed E-state index contributed by atoms with van der Waals surface area (Å²) in [6.07, 6.45) is -0.263. The molecule has 0 fully saturated rings. The molecule has 1 atom stereocenters. The molecule has 4 rings (SSSR count). The SMILES string of the molecule is CSCCC(C(=O)Nc1cc(C(F)(F)F)ccc1-n1cncn1)N1C(=O)c2ccccc2C1=O. The molecular weight excluding hydrogens is 471 g/mol. The third kappa shape index (κ3) is 4.40. The van der Waals surface area contributed by atoms with E-state index in [0.29, 0.717) is 5.75 Å². The normalized spacial score (nSPS) is 14.3. The van der Waals surface area contributed by atoms with E-state index in [0.717, 1.165) is 23.1 Å². The molecule has 12 heteroatoms. The number of imide groups is 1. The Labute approximate surface area is 196 Å². The Hall–Kier alpha value is -3.67. The smallest absolute Gasteiger partial charge is 0.322 e. The number of alkyl halides is 3. The molecule has 0 saturated carbocycles. The third-order valence-corrected chi connectivity index (χ3v) is 5.93. The average Bonchev–Trinajstić information content (AvgIpc) is 3.42. The molecule has 0 radical (unpaired) electrons. The number of hydrogen-bond acceptors (Lipinski definition) is 6. The van der Waals surface area contributed by atoms with Gasteiger partial charge in [-0.25, -0.2) is 9.67 Å². The van der Waals surface area contributed by atoms with Crippen molar-refractivity contribution in [2.45, 2.75) is 18.6 Å². The van der Waals surface area contributed by atoms with Crippen LogP contribution in [0.2, 0.25) is 0 Å². The Morgan fingerprint density at radius 1 is 1.12 bits per heavy atom. The zero-order chi connectivity index (χ0) is 24.5. The summed E-state index contributed by atoms with van der Waals surface area (Å²) in [5.41, 5.74) is -0.664. The molecule has 176 valence electrons. The highest BCUT2D eigenvalue weighted by molar-refractivity contribution is 7.98. The zero-order valence-corrected chi connectivity index (χ0v) is 18.6. The molecule has 0 spiro atoms. The van der Waals surface area contributed by atoms with Crippen molar-refractivity contribution in [1.82, 2.24) is 19.7 Å². The topological polar surface area (TPSA) is 97.2 Å². The maximum atomic E-state index is 13.4. The van der Waals surface area contributed by atoms with Gasteiger partial charge in [-0.2, -0.15) is 30.0 Å². The van der Waals surface area contributed by atoms with Gasteiger partial charge in [0.1, 0.15) is 18.7 Å². The quantitative estimate of drug-likeness (QED) is 0.509. The summed E-state index contributed by atoms with van der Waals surface area (Å²) in [5, 5.41) is 6.40. The molecule has 34 heavy (non-hydrogen) atoms. The molecular formula is C22H18F3N5O3S. The second-order valence-electron chi connectivity index (χ2n) is 7.38. The number of rotatable bonds is 7. The molecule has 2 heterocycles. The average molecular weight is 489 g/mol. The maximum absolute atomic E-state index is 13.4. The van der Waals surface area contributed by atoms with Crippen LogP contribution in [0.1, 0.15) is 32.7 Å². The van der Waals surface area contributed by atoms with Crippen LogP contribution < -0.4 is 5.32 Å². The van der Waals surface area contributed by atoms with Crippen molar-refractivity contribution >= 4 is 35.2 Å². The molecule has 0 saturated heterocycles.